The lowest BCUT2D eigenvalue weighted by Gasteiger charge is -1.89. The molecule has 0 saturated carbocycles. The largest absolute Gasteiger partial charge is 0.412 e. The van der Waals surface area contributed by atoms with Gasteiger partial charge in [0.15, 0.2) is 0 Å². The molecule has 0 saturated heterocycles. The molecule has 0 fully saturated rings. The lowest BCUT2D eigenvalue weighted by molar-refractivity contribution is -1.73. The molecule has 0 aromatic heterocycles. The van der Waals surface area contributed by atoms with Crippen molar-refractivity contribution < 1.29 is 41.2 Å². The highest BCUT2D eigenvalue weighted by atomic mass is 35.6. The molecular formula is H6ClO6-. The highest BCUT2D eigenvalue weighted by Crippen LogP contribution is 1.24. The average molecular weight is 137 g/mol. The van der Waals surface area contributed by atoms with Gasteiger partial charge in [0, 0.05) is 0 Å². The van der Waals surface area contributed by atoms with Crippen LogP contribution in [0, 0.1) is 10.8 Å². The van der Waals surface area contributed by atoms with Crippen molar-refractivity contribution in [3.8, 4) is 0 Å². The van der Waals surface area contributed by atoms with Crippen LogP contribution < -0.4 is 14.0 Å². The quantitative estimate of drug-likeness (QED) is 0.325. The average Bonchev–Trinajstić information content (AvgIpc) is 0.811. The van der Waals surface area contributed by atoms with E-state index in [1.807, 2.05) is 0 Å². The summed E-state index contributed by atoms with van der Waals surface area (Å²) in [6.45, 7) is 0. The summed E-state index contributed by atoms with van der Waals surface area (Å²) < 4.78 is 25.2. The zero-order chi connectivity index (χ0) is 3.58. The van der Waals surface area contributed by atoms with Crippen LogP contribution in [0.15, 0.2) is 0 Å². The molecule has 0 bridgehead atoms. The molecule has 0 aromatic carbocycles. The molecule has 7 heavy (non-hydrogen) atoms. The van der Waals surface area contributed by atoms with E-state index >= 15 is 0 Å². The summed E-state index contributed by atoms with van der Waals surface area (Å²) >= 11 is 0. The van der Waals surface area contributed by atoms with Crippen molar-refractivity contribution in [2.75, 3.05) is 0 Å². The summed E-state index contributed by atoms with van der Waals surface area (Å²) in [5.74, 6) is 0. The Labute approximate surface area is 42.3 Å². The van der Waals surface area contributed by atoms with Crippen molar-refractivity contribution in [2.45, 2.75) is 0 Å². The highest BCUT2D eigenvalue weighted by Gasteiger charge is 1.60. The third-order valence-electron chi connectivity index (χ3n) is 0. The van der Waals surface area contributed by atoms with Gasteiger partial charge in [-0.15, -0.1) is 0 Å². The van der Waals surface area contributed by atoms with Crippen molar-refractivity contribution in [3.63, 3.8) is 0 Å². The van der Waals surface area contributed by atoms with Gasteiger partial charge in [0.1, 0.15) is 0 Å². The van der Waals surface area contributed by atoms with E-state index in [1.54, 1.807) is 0 Å². The van der Waals surface area contributed by atoms with E-state index in [9.17, 15) is 0 Å². The van der Waals surface area contributed by atoms with E-state index in [4.69, 9.17) is 14.0 Å². The molecule has 50 valence electrons. The van der Waals surface area contributed by atoms with Gasteiger partial charge in [0.2, 0.25) is 0 Å². The van der Waals surface area contributed by atoms with Gasteiger partial charge < -0.3 is 30.4 Å². The van der Waals surface area contributed by atoms with Crippen LogP contribution in [-0.4, -0.2) is 16.4 Å². The van der Waals surface area contributed by atoms with Crippen LogP contribution in [0.5, 0.6) is 0 Å². The summed E-state index contributed by atoms with van der Waals surface area (Å²) in [6.07, 6.45) is 0. The van der Waals surface area contributed by atoms with Gasteiger partial charge in [-0.1, -0.05) is 0 Å². The van der Waals surface area contributed by atoms with E-state index < -0.39 is 10.8 Å². The van der Waals surface area contributed by atoms with Crippen LogP contribution >= 0.6 is 0 Å². The minimum absolute atomic E-state index is 0. The van der Waals surface area contributed by atoms with Crippen molar-refractivity contribution in [2.24, 2.45) is 0 Å². The normalized spacial score (nSPS) is 5.14. The van der Waals surface area contributed by atoms with Crippen LogP contribution in [-0.2, 0) is 0 Å². The molecule has 0 aromatic rings. The Balaban J connectivity index is -0.0000000150. The maximum Gasteiger partial charge on any atom is 0.0695 e. The van der Waals surface area contributed by atoms with Gasteiger partial charge >= 0.3 is 0 Å². The first-order chi connectivity index (χ1) is 1.73. The molecule has 0 spiro atoms. The smallest absolute Gasteiger partial charge is 0.0695 e. The Bertz CT molecular complexity index is 8.90. The van der Waals surface area contributed by atoms with E-state index in [-0.39, 0.29) is 16.4 Å². The Kier molecular flexibility index (Phi) is 65.7. The Morgan fingerprint density at radius 3 is 0.714 bits per heavy atom. The molecule has 0 radical (unpaired) electrons. The summed E-state index contributed by atoms with van der Waals surface area (Å²) in [6, 6.07) is 0. The van der Waals surface area contributed by atoms with E-state index in [2.05, 4.69) is 0 Å². The Morgan fingerprint density at radius 2 is 0.714 bits per heavy atom. The molecule has 0 heterocycles. The molecule has 0 aliphatic carbocycles. The summed E-state index contributed by atoms with van der Waals surface area (Å²) in [5.41, 5.74) is 0. The second-order valence-electron chi connectivity index (χ2n) is 0.189. The van der Waals surface area contributed by atoms with Crippen LogP contribution in [0.25, 0.3) is 0 Å². The molecule has 0 amide bonds. The first-order valence-corrected chi connectivity index (χ1v) is 1.39. The van der Waals surface area contributed by atoms with Crippen molar-refractivity contribution in [1.82, 2.24) is 0 Å². The molecule has 0 atom stereocenters. The summed E-state index contributed by atoms with van der Waals surface area (Å²) in [5, 5.41) is 0. The number of rotatable bonds is 0. The zero-order valence-electron chi connectivity index (χ0n) is 3.10. The SMILES string of the molecule is O.O.O.[O-][Cl+2]([O-])[O-]. The fraction of sp³-hybridized carbons (Fsp3) is 0. The van der Waals surface area contributed by atoms with Gasteiger partial charge in [-0.2, -0.15) is 0 Å². The second-order valence-corrected chi connectivity index (χ2v) is 0.567. The maximum atomic E-state index is 8.41. The molecule has 6 nitrogen and oxygen atoms in total. The van der Waals surface area contributed by atoms with Crippen molar-refractivity contribution in [3.05, 3.63) is 0 Å². The minimum atomic E-state index is -2.85. The van der Waals surface area contributed by atoms with Crippen molar-refractivity contribution in [1.29, 1.82) is 0 Å². The topological polar surface area (TPSA) is 164 Å². The van der Waals surface area contributed by atoms with Gasteiger partial charge in [0.25, 0.3) is 0 Å². The Morgan fingerprint density at radius 1 is 0.714 bits per heavy atom. The lowest BCUT2D eigenvalue weighted by atomic mass is 15.8. The van der Waals surface area contributed by atoms with Crippen LogP contribution in [0.4, 0.5) is 0 Å². The van der Waals surface area contributed by atoms with Gasteiger partial charge in [-0.05, 0) is 0 Å². The first kappa shape index (κ1) is 27.7. The highest BCUT2D eigenvalue weighted by molar-refractivity contribution is 1.73. The van der Waals surface area contributed by atoms with Crippen LogP contribution in [0.2, 0.25) is 0 Å². The maximum absolute atomic E-state index is 8.41. The molecule has 6 N–H and O–H groups in total. The minimum Gasteiger partial charge on any atom is -0.412 e. The van der Waals surface area contributed by atoms with Gasteiger partial charge in [-0.25, -0.2) is 0 Å². The van der Waals surface area contributed by atoms with E-state index in [1.165, 1.54) is 0 Å². The zero-order valence-corrected chi connectivity index (χ0v) is 3.86. The molecule has 0 rings (SSSR count). The molecule has 0 aliphatic heterocycles. The number of hydrogen-bond acceptors (Lipinski definition) is 3. The third-order valence-corrected chi connectivity index (χ3v) is 0. The summed E-state index contributed by atoms with van der Waals surface area (Å²) in [4.78, 5) is 0. The van der Waals surface area contributed by atoms with Crippen LogP contribution in [0.3, 0.4) is 0 Å². The van der Waals surface area contributed by atoms with Crippen molar-refractivity contribution >= 4 is 0 Å². The first-order valence-electron chi connectivity index (χ1n) is 0.463. The Hall–Kier alpha value is 0.0500. The number of halogens is 1. The standard InChI is InChI=1S/ClO3.3H2O/c2-1(3)4;;;/h;3*1H2/q-1;;;. The predicted molar refractivity (Wildman–Crippen MR) is 10.8 cm³/mol. The fourth-order valence-electron chi connectivity index (χ4n) is 0. The lowest BCUT2D eigenvalue weighted by Crippen LogP contribution is -2.42. The third kappa shape index (κ3) is 39700. The molecule has 0 aliphatic rings. The second kappa shape index (κ2) is 16.6. The molecule has 7 heteroatoms. The van der Waals surface area contributed by atoms with E-state index in [0.29, 0.717) is 0 Å². The predicted octanol–water partition coefficient (Wildman–Crippen LogP) is -6.04. The van der Waals surface area contributed by atoms with E-state index in [0.717, 1.165) is 0 Å². The van der Waals surface area contributed by atoms with Crippen LogP contribution in [0.1, 0.15) is 0 Å². The monoisotopic (exact) mass is 137 g/mol. The van der Waals surface area contributed by atoms with Gasteiger partial charge in [0.05, 0.1) is 10.8 Å². The molecular weight excluding hydrogens is 131 g/mol. The fourth-order valence-corrected chi connectivity index (χ4v) is 0. The van der Waals surface area contributed by atoms with Gasteiger partial charge in [-0.3, -0.25) is 0 Å². The summed E-state index contributed by atoms with van der Waals surface area (Å²) in [7, 11) is -2.85. The number of hydrogen-bond donors (Lipinski definition) is 0. The molecule has 0 unspecified atom stereocenters.